The summed E-state index contributed by atoms with van der Waals surface area (Å²) in [5, 5.41) is 11.6. The SMILES string of the molecule is O=C(CO)[C@H]1CCCCN1. The predicted molar refractivity (Wildman–Crippen MR) is 37.7 cm³/mol. The molecule has 0 radical (unpaired) electrons. The lowest BCUT2D eigenvalue weighted by atomic mass is 10.0. The van der Waals surface area contributed by atoms with Crippen molar-refractivity contribution in [2.45, 2.75) is 25.3 Å². The third kappa shape index (κ3) is 1.78. The molecule has 0 spiro atoms. The second-order valence-corrected chi connectivity index (χ2v) is 2.63. The molecule has 0 bridgehead atoms. The number of nitrogens with one attached hydrogen (secondary N) is 1. The van der Waals surface area contributed by atoms with Crippen LogP contribution in [-0.4, -0.2) is 30.1 Å². The number of piperidine rings is 1. The molecular formula is C7H13NO2. The van der Waals surface area contributed by atoms with E-state index < -0.39 is 0 Å². The summed E-state index contributed by atoms with van der Waals surface area (Å²) in [5.41, 5.74) is 0. The highest BCUT2D eigenvalue weighted by molar-refractivity contribution is 5.84. The van der Waals surface area contributed by atoms with Crippen molar-refractivity contribution in [3.05, 3.63) is 0 Å². The normalized spacial score (nSPS) is 26.3. The van der Waals surface area contributed by atoms with Gasteiger partial charge in [0.2, 0.25) is 0 Å². The molecule has 0 aromatic heterocycles. The maximum Gasteiger partial charge on any atom is 0.174 e. The van der Waals surface area contributed by atoms with Crippen LogP contribution in [0.3, 0.4) is 0 Å². The van der Waals surface area contributed by atoms with Crippen LogP contribution in [0.15, 0.2) is 0 Å². The van der Waals surface area contributed by atoms with Gasteiger partial charge in [0, 0.05) is 0 Å². The average molecular weight is 143 g/mol. The first-order valence-corrected chi connectivity index (χ1v) is 3.71. The first kappa shape index (κ1) is 7.69. The van der Waals surface area contributed by atoms with Crippen LogP contribution in [0.1, 0.15) is 19.3 Å². The van der Waals surface area contributed by atoms with Gasteiger partial charge in [0.15, 0.2) is 5.78 Å². The number of carbonyl (C=O) groups is 1. The molecule has 0 aromatic rings. The predicted octanol–water partition coefficient (Wildman–Crippen LogP) is -0.310. The van der Waals surface area contributed by atoms with Gasteiger partial charge in [-0.3, -0.25) is 4.79 Å². The lowest BCUT2D eigenvalue weighted by Gasteiger charge is -2.20. The smallest absolute Gasteiger partial charge is 0.174 e. The maximum absolute atomic E-state index is 10.9. The number of rotatable bonds is 2. The Balaban J connectivity index is 2.31. The lowest BCUT2D eigenvalue weighted by molar-refractivity contribution is -0.124. The fourth-order valence-electron chi connectivity index (χ4n) is 1.24. The van der Waals surface area contributed by atoms with Gasteiger partial charge in [-0.2, -0.15) is 0 Å². The quantitative estimate of drug-likeness (QED) is 0.557. The molecule has 1 aliphatic heterocycles. The van der Waals surface area contributed by atoms with Crippen LogP contribution in [0.5, 0.6) is 0 Å². The molecule has 0 saturated carbocycles. The molecule has 0 aromatic carbocycles. The van der Waals surface area contributed by atoms with Crippen LogP contribution in [0.4, 0.5) is 0 Å². The molecule has 3 heteroatoms. The zero-order valence-electron chi connectivity index (χ0n) is 5.97. The Kier molecular flexibility index (Phi) is 2.83. The summed E-state index contributed by atoms with van der Waals surface area (Å²) in [6, 6.07) is -0.0706. The molecule has 0 aliphatic carbocycles. The van der Waals surface area contributed by atoms with E-state index in [-0.39, 0.29) is 18.4 Å². The standard InChI is InChI=1S/C7H13NO2/c9-5-7(10)6-3-1-2-4-8-6/h6,8-9H,1-5H2/t6-/m1/s1. The van der Waals surface area contributed by atoms with E-state index >= 15 is 0 Å². The molecule has 1 atom stereocenters. The Morgan fingerprint density at radius 1 is 1.60 bits per heavy atom. The number of aliphatic hydroxyl groups is 1. The van der Waals surface area contributed by atoms with Crippen LogP contribution in [0.2, 0.25) is 0 Å². The topological polar surface area (TPSA) is 49.3 Å². The summed E-state index contributed by atoms with van der Waals surface area (Å²) in [4.78, 5) is 10.9. The number of ketones is 1. The van der Waals surface area contributed by atoms with E-state index in [1.807, 2.05) is 0 Å². The van der Waals surface area contributed by atoms with Gasteiger partial charge in [0.1, 0.15) is 6.61 Å². The summed E-state index contributed by atoms with van der Waals surface area (Å²) in [5.74, 6) is -0.0697. The van der Waals surface area contributed by atoms with Crippen molar-refractivity contribution in [3.63, 3.8) is 0 Å². The Labute approximate surface area is 60.4 Å². The van der Waals surface area contributed by atoms with E-state index in [9.17, 15) is 4.79 Å². The number of hydrogen-bond donors (Lipinski definition) is 2. The van der Waals surface area contributed by atoms with E-state index in [1.165, 1.54) is 0 Å². The third-order valence-electron chi connectivity index (χ3n) is 1.85. The zero-order valence-corrected chi connectivity index (χ0v) is 5.97. The highest BCUT2D eigenvalue weighted by Crippen LogP contribution is 2.06. The van der Waals surface area contributed by atoms with Gasteiger partial charge in [-0.1, -0.05) is 6.42 Å². The fourth-order valence-corrected chi connectivity index (χ4v) is 1.24. The van der Waals surface area contributed by atoms with Crippen molar-refractivity contribution in [2.24, 2.45) is 0 Å². The molecule has 1 fully saturated rings. The van der Waals surface area contributed by atoms with Crippen molar-refractivity contribution in [2.75, 3.05) is 13.2 Å². The molecule has 1 rings (SSSR count). The average Bonchev–Trinajstić information content (AvgIpc) is 2.05. The van der Waals surface area contributed by atoms with E-state index in [2.05, 4.69) is 5.32 Å². The van der Waals surface area contributed by atoms with Gasteiger partial charge in [-0.25, -0.2) is 0 Å². The monoisotopic (exact) mass is 143 g/mol. The lowest BCUT2D eigenvalue weighted by Crippen LogP contribution is -2.41. The van der Waals surface area contributed by atoms with Gasteiger partial charge in [0.05, 0.1) is 6.04 Å². The molecule has 0 unspecified atom stereocenters. The second kappa shape index (κ2) is 3.68. The molecular weight excluding hydrogens is 130 g/mol. The molecule has 2 N–H and O–H groups in total. The van der Waals surface area contributed by atoms with Gasteiger partial charge < -0.3 is 10.4 Å². The van der Waals surface area contributed by atoms with Crippen LogP contribution in [0.25, 0.3) is 0 Å². The zero-order chi connectivity index (χ0) is 7.40. The molecule has 58 valence electrons. The van der Waals surface area contributed by atoms with Crippen molar-refractivity contribution in [1.29, 1.82) is 0 Å². The molecule has 3 nitrogen and oxygen atoms in total. The molecule has 1 heterocycles. The van der Waals surface area contributed by atoms with Crippen molar-refractivity contribution < 1.29 is 9.90 Å². The molecule has 1 saturated heterocycles. The highest BCUT2D eigenvalue weighted by atomic mass is 16.3. The first-order chi connectivity index (χ1) is 4.84. The van der Waals surface area contributed by atoms with E-state index in [0.717, 1.165) is 25.8 Å². The third-order valence-corrected chi connectivity index (χ3v) is 1.85. The van der Waals surface area contributed by atoms with Gasteiger partial charge in [0.25, 0.3) is 0 Å². The first-order valence-electron chi connectivity index (χ1n) is 3.71. The minimum Gasteiger partial charge on any atom is -0.389 e. The number of Topliss-reactive ketones (excluding diaryl/α,β-unsaturated/α-hetero) is 1. The Morgan fingerprint density at radius 2 is 2.40 bits per heavy atom. The van der Waals surface area contributed by atoms with Crippen molar-refractivity contribution in [1.82, 2.24) is 5.32 Å². The Morgan fingerprint density at radius 3 is 2.90 bits per heavy atom. The van der Waals surface area contributed by atoms with Gasteiger partial charge in [-0.15, -0.1) is 0 Å². The van der Waals surface area contributed by atoms with Crippen LogP contribution in [0, 0.1) is 0 Å². The Hall–Kier alpha value is -0.410. The summed E-state index contributed by atoms with van der Waals surface area (Å²) in [6.45, 7) is 0.591. The Bertz CT molecular complexity index is 119. The molecule has 10 heavy (non-hydrogen) atoms. The van der Waals surface area contributed by atoms with Crippen molar-refractivity contribution >= 4 is 5.78 Å². The van der Waals surface area contributed by atoms with Gasteiger partial charge in [-0.05, 0) is 19.4 Å². The summed E-state index contributed by atoms with van der Waals surface area (Å²) >= 11 is 0. The fraction of sp³-hybridized carbons (Fsp3) is 0.857. The van der Waals surface area contributed by atoms with E-state index in [1.54, 1.807) is 0 Å². The molecule has 0 amide bonds. The largest absolute Gasteiger partial charge is 0.389 e. The van der Waals surface area contributed by atoms with E-state index in [4.69, 9.17) is 5.11 Å². The second-order valence-electron chi connectivity index (χ2n) is 2.63. The summed E-state index contributed by atoms with van der Waals surface area (Å²) < 4.78 is 0. The summed E-state index contributed by atoms with van der Waals surface area (Å²) in [6.07, 6.45) is 3.14. The van der Waals surface area contributed by atoms with Crippen LogP contribution in [-0.2, 0) is 4.79 Å². The maximum atomic E-state index is 10.9. The number of aliphatic hydroxyl groups excluding tert-OH is 1. The number of carbonyl (C=O) groups excluding carboxylic acids is 1. The number of hydrogen-bond acceptors (Lipinski definition) is 3. The van der Waals surface area contributed by atoms with Crippen LogP contribution >= 0.6 is 0 Å². The molecule has 1 aliphatic rings. The summed E-state index contributed by atoms with van der Waals surface area (Å²) in [7, 11) is 0. The van der Waals surface area contributed by atoms with E-state index in [0.29, 0.717) is 0 Å². The van der Waals surface area contributed by atoms with Gasteiger partial charge >= 0.3 is 0 Å². The van der Waals surface area contributed by atoms with Crippen molar-refractivity contribution in [3.8, 4) is 0 Å². The van der Waals surface area contributed by atoms with Crippen LogP contribution < -0.4 is 5.32 Å². The minimum absolute atomic E-state index is 0.0697. The minimum atomic E-state index is -0.322. The highest BCUT2D eigenvalue weighted by Gasteiger charge is 2.18.